The predicted molar refractivity (Wildman–Crippen MR) is 179 cm³/mol. The summed E-state index contributed by atoms with van der Waals surface area (Å²) in [5, 5.41) is 3.53. The Kier molecular flexibility index (Phi) is 5.60. The first-order valence-electron chi connectivity index (χ1n) is 15.0. The maximum atomic E-state index is 6.40. The largest absolute Gasteiger partial charge is 0.456 e. The van der Waals surface area contributed by atoms with Crippen LogP contribution in [0.1, 0.15) is 22.8 Å². The average Bonchev–Trinajstić information content (AvgIpc) is 3.67. The van der Waals surface area contributed by atoms with Gasteiger partial charge in [-0.3, -0.25) is 9.55 Å². The van der Waals surface area contributed by atoms with Gasteiger partial charge in [0.15, 0.2) is 0 Å². The number of allylic oxidation sites excluding steroid dienone is 1. The van der Waals surface area contributed by atoms with Gasteiger partial charge >= 0.3 is 0 Å². The highest BCUT2D eigenvalue weighted by atomic mass is 16.3. The number of benzene rings is 5. The quantitative estimate of drug-likeness (QED) is 0.213. The molecule has 0 aliphatic heterocycles. The molecule has 0 N–H and O–H groups in total. The average molecular weight is 566 g/mol. The second-order valence-corrected chi connectivity index (χ2v) is 11.4. The van der Waals surface area contributed by atoms with Crippen molar-refractivity contribution in [3.05, 3.63) is 157 Å². The van der Waals surface area contributed by atoms with Gasteiger partial charge in [0.1, 0.15) is 17.2 Å². The van der Waals surface area contributed by atoms with E-state index in [4.69, 9.17) is 9.40 Å². The van der Waals surface area contributed by atoms with E-state index >= 15 is 0 Å². The third kappa shape index (κ3) is 3.92. The maximum Gasteiger partial charge on any atom is 0.145 e. The second-order valence-electron chi connectivity index (χ2n) is 11.4. The van der Waals surface area contributed by atoms with Crippen LogP contribution in [0.25, 0.3) is 67.1 Å². The summed E-state index contributed by atoms with van der Waals surface area (Å²) in [6, 6.07) is 42.6. The van der Waals surface area contributed by atoms with Gasteiger partial charge in [-0.15, -0.1) is 0 Å². The fourth-order valence-electron chi connectivity index (χ4n) is 6.80. The van der Waals surface area contributed by atoms with E-state index in [1.165, 1.54) is 33.0 Å². The van der Waals surface area contributed by atoms with E-state index in [-0.39, 0.29) is 5.92 Å². The van der Waals surface area contributed by atoms with Crippen LogP contribution < -0.4 is 0 Å². The number of pyridine rings is 1. The van der Waals surface area contributed by atoms with E-state index in [9.17, 15) is 0 Å². The van der Waals surface area contributed by atoms with E-state index in [1.54, 1.807) is 0 Å². The SMILES string of the molecule is C1=CC(c2ccc(-c3nc4ccccc4n3-c3ccccc3)cc2)Cc2c1oc1cccc(-c3cccc4ccncc34)c21. The molecule has 9 rings (SSSR count). The lowest BCUT2D eigenvalue weighted by Crippen LogP contribution is -2.05. The summed E-state index contributed by atoms with van der Waals surface area (Å²) in [4.78, 5) is 9.48. The summed E-state index contributed by atoms with van der Waals surface area (Å²) in [5.74, 6) is 2.14. The monoisotopic (exact) mass is 565 g/mol. The van der Waals surface area contributed by atoms with E-state index in [1.807, 2.05) is 24.5 Å². The fraction of sp³-hybridized carbons (Fsp3) is 0.0500. The number of para-hydroxylation sites is 3. The van der Waals surface area contributed by atoms with Crippen molar-refractivity contribution in [1.82, 2.24) is 14.5 Å². The molecular weight excluding hydrogens is 538 g/mol. The van der Waals surface area contributed by atoms with Gasteiger partial charge in [0, 0.05) is 45.9 Å². The van der Waals surface area contributed by atoms with Crippen molar-refractivity contribution >= 4 is 38.9 Å². The van der Waals surface area contributed by atoms with Crippen LogP contribution in [0.15, 0.2) is 144 Å². The van der Waals surface area contributed by atoms with E-state index in [0.717, 1.165) is 51.3 Å². The van der Waals surface area contributed by atoms with Gasteiger partial charge in [-0.05, 0) is 71.0 Å². The normalized spacial score (nSPS) is 14.4. The zero-order valence-electron chi connectivity index (χ0n) is 23.9. The van der Waals surface area contributed by atoms with Crippen molar-refractivity contribution < 1.29 is 4.42 Å². The first kappa shape index (κ1) is 24.8. The highest BCUT2D eigenvalue weighted by molar-refractivity contribution is 6.06. The van der Waals surface area contributed by atoms with E-state index < -0.39 is 0 Å². The number of hydrogen-bond donors (Lipinski definition) is 0. The summed E-state index contributed by atoms with van der Waals surface area (Å²) in [7, 11) is 0. The molecule has 3 aromatic heterocycles. The Morgan fingerprint density at radius 1 is 0.727 bits per heavy atom. The van der Waals surface area contributed by atoms with Crippen molar-refractivity contribution in [1.29, 1.82) is 0 Å². The van der Waals surface area contributed by atoms with Crippen LogP contribution >= 0.6 is 0 Å². The van der Waals surface area contributed by atoms with Crippen LogP contribution in [0.4, 0.5) is 0 Å². The predicted octanol–water partition coefficient (Wildman–Crippen LogP) is 10.0. The Morgan fingerprint density at radius 3 is 2.45 bits per heavy atom. The van der Waals surface area contributed by atoms with Gasteiger partial charge in [-0.25, -0.2) is 4.98 Å². The summed E-state index contributed by atoms with van der Waals surface area (Å²) < 4.78 is 8.65. The van der Waals surface area contributed by atoms with Crippen LogP contribution in [0.2, 0.25) is 0 Å². The Morgan fingerprint density at radius 2 is 1.55 bits per heavy atom. The van der Waals surface area contributed by atoms with Crippen molar-refractivity contribution in [3.8, 4) is 28.2 Å². The minimum Gasteiger partial charge on any atom is -0.456 e. The highest BCUT2D eigenvalue weighted by Gasteiger charge is 2.24. The van der Waals surface area contributed by atoms with E-state index in [0.29, 0.717) is 0 Å². The van der Waals surface area contributed by atoms with Gasteiger partial charge in [0.25, 0.3) is 0 Å². The fourth-order valence-corrected chi connectivity index (χ4v) is 6.80. The lowest BCUT2D eigenvalue weighted by Gasteiger charge is -2.18. The lowest BCUT2D eigenvalue weighted by atomic mass is 9.85. The molecule has 0 saturated heterocycles. The molecular formula is C40H27N3O. The van der Waals surface area contributed by atoms with Crippen molar-refractivity contribution in [2.45, 2.75) is 12.3 Å². The summed E-state index contributed by atoms with van der Waals surface area (Å²) in [6.45, 7) is 0. The highest BCUT2D eigenvalue weighted by Crippen LogP contribution is 2.42. The molecule has 1 aliphatic rings. The maximum absolute atomic E-state index is 6.40. The third-order valence-electron chi connectivity index (χ3n) is 8.90. The summed E-state index contributed by atoms with van der Waals surface area (Å²) in [6.07, 6.45) is 9.12. The molecule has 1 atom stereocenters. The molecule has 0 fully saturated rings. The standard InChI is InChI=1S/C40H27N3O/c1-2-9-30(10-3-1)43-36-14-5-4-13-35(36)42-40(43)28-18-16-26(17-19-28)29-20-21-37-33(24-29)39-32(12-7-15-38(39)44-37)31-11-6-8-27-22-23-41-25-34(27)31/h1-23,25,29H,24H2. The Labute approximate surface area is 254 Å². The minimum atomic E-state index is 0.243. The van der Waals surface area contributed by atoms with Gasteiger partial charge in [-0.2, -0.15) is 0 Å². The molecule has 4 nitrogen and oxygen atoms in total. The van der Waals surface area contributed by atoms with Crippen LogP contribution in [-0.4, -0.2) is 14.5 Å². The van der Waals surface area contributed by atoms with Crippen molar-refractivity contribution in [2.24, 2.45) is 0 Å². The van der Waals surface area contributed by atoms with Gasteiger partial charge in [0.2, 0.25) is 0 Å². The molecule has 3 heterocycles. The molecule has 208 valence electrons. The Bertz CT molecular complexity index is 2360. The second kappa shape index (κ2) is 9.92. The lowest BCUT2D eigenvalue weighted by molar-refractivity contribution is 0.592. The Balaban J connectivity index is 1.10. The van der Waals surface area contributed by atoms with Crippen LogP contribution in [-0.2, 0) is 6.42 Å². The van der Waals surface area contributed by atoms with Gasteiger partial charge in [-0.1, -0.05) is 91.0 Å². The van der Waals surface area contributed by atoms with Crippen molar-refractivity contribution in [3.63, 3.8) is 0 Å². The summed E-state index contributed by atoms with van der Waals surface area (Å²) in [5.41, 5.74) is 10.1. The van der Waals surface area contributed by atoms with Crippen molar-refractivity contribution in [2.75, 3.05) is 0 Å². The van der Waals surface area contributed by atoms with Gasteiger partial charge in [0.05, 0.1) is 11.0 Å². The molecule has 0 bridgehead atoms. The molecule has 0 spiro atoms. The molecule has 44 heavy (non-hydrogen) atoms. The zero-order valence-corrected chi connectivity index (χ0v) is 23.9. The molecule has 0 saturated carbocycles. The molecule has 5 aromatic carbocycles. The van der Waals surface area contributed by atoms with Crippen LogP contribution in [0, 0.1) is 0 Å². The number of nitrogens with zero attached hydrogens (tertiary/aromatic N) is 3. The van der Waals surface area contributed by atoms with Gasteiger partial charge < -0.3 is 4.42 Å². The summed E-state index contributed by atoms with van der Waals surface area (Å²) >= 11 is 0. The molecule has 4 heteroatoms. The number of aromatic nitrogens is 3. The third-order valence-corrected chi connectivity index (χ3v) is 8.90. The number of imidazole rings is 1. The van der Waals surface area contributed by atoms with Crippen LogP contribution in [0.3, 0.4) is 0 Å². The molecule has 8 aromatic rings. The first-order valence-corrected chi connectivity index (χ1v) is 15.0. The van der Waals surface area contributed by atoms with Crippen LogP contribution in [0.5, 0.6) is 0 Å². The zero-order chi connectivity index (χ0) is 29.0. The minimum absolute atomic E-state index is 0.243. The number of furan rings is 1. The number of rotatable bonds is 4. The molecule has 1 unspecified atom stereocenters. The van der Waals surface area contributed by atoms with E-state index in [2.05, 4.69) is 131 Å². The molecule has 0 amide bonds. The molecule has 1 aliphatic carbocycles. The number of fused-ring (bicyclic) bond motifs is 5. The Hall–Kier alpha value is -5.74. The smallest absolute Gasteiger partial charge is 0.145 e. The number of hydrogen-bond acceptors (Lipinski definition) is 3. The molecule has 0 radical (unpaired) electrons. The first-order chi connectivity index (χ1) is 21.8. The topological polar surface area (TPSA) is 43.9 Å².